The fourth-order valence-electron chi connectivity index (χ4n) is 3.40. The first-order valence-electron chi connectivity index (χ1n) is 8.93. The predicted octanol–water partition coefficient (Wildman–Crippen LogP) is 5.38. The van der Waals surface area contributed by atoms with Gasteiger partial charge in [0, 0.05) is 22.1 Å². The number of nitrogens with one attached hydrogen (secondary N) is 2. The summed E-state index contributed by atoms with van der Waals surface area (Å²) in [5, 5.41) is 0. The highest BCUT2D eigenvalue weighted by atomic mass is 14.8. The Labute approximate surface area is 156 Å². The molecule has 0 saturated heterocycles. The summed E-state index contributed by atoms with van der Waals surface area (Å²) in [7, 11) is 0. The van der Waals surface area contributed by atoms with E-state index in [-0.39, 0.29) is 0 Å². The summed E-state index contributed by atoms with van der Waals surface area (Å²) in [5.74, 6) is 0. The highest BCUT2D eigenvalue weighted by Gasteiger charge is 2.04. The lowest BCUT2D eigenvalue weighted by atomic mass is 10.2. The third kappa shape index (κ3) is 3.13. The molecule has 2 aliphatic heterocycles. The van der Waals surface area contributed by atoms with Gasteiger partial charge < -0.3 is 9.97 Å². The van der Waals surface area contributed by atoms with Crippen LogP contribution in [0.1, 0.15) is 28.3 Å². The van der Waals surface area contributed by atoms with Crippen LogP contribution in [0.5, 0.6) is 0 Å². The second kappa shape index (κ2) is 6.25. The van der Waals surface area contributed by atoms with E-state index in [1.165, 1.54) is 5.56 Å². The maximum atomic E-state index is 4.70. The minimum atomic E-state index is 0.805. The lowest BCUT2D eigenvalue weighted by Crippen LogP contribution is -1.79. The molecule has 2 aliphatic rings. The average molecular weight is 350 g/mol. The maximum absolute atomic E-state index is 4.70. The number of aromatic nitrogens is 4. The molecule has 3 aromatic rings. The molecule has 0 spiro atoms. The van der Waals surface area contributed by atoms with Crippen molar-refractivity contribution in [1.29, 1.82) is 0 Å². The zero-order chi connectivity index (χ0) is 18.2. The van der Waals surface area contributed by atoms with Gasteiger partial charge in [0.1, 0.15) is 0 Å². The number of nitrogens with zero attached hydrogens (tertiary/aromatic N) is 2. The van der Waals surface area contributed by atoms with Crippen LogP contribution in [-0.4, -0.2) is 19.9 Å². The van der Waals surface area contributed by atoms with Gasteiger partial charge in [-0.1, -0.05) is 6.08 Å². The topological polar surface area (TPSA) is 57.4 Å². The van der Waals surface area contributed by atoms with Crippen LogP contribution in [0.25, 0.3) is 46.4 Å². The normalized spacial score (nSPS) is 12.4. The van der Waals surface area contributed by atoms with Gasteiger partial charge in [0.25, 0.3) is 0 Å². The van der Waals surface area contributed by atoms with Crippen molar-refractivity contribution in [3.05, 3.63) is 83.5 Å². The van der Waals surface area contributed by atoms with E-state index < -0.39 is 0 Å². The minimum Gasteiger partial charge on any atom is -0.355 e. The van der Waals surface area contributed by atoms with Crippen LogP contribution in [0, 0.1) is 0 Å². The van der Waals surface area contributed by atoms with Gasteiger partial charge in [-0.15, -0.1) is 6.58 Å². The second-order valence-corrected chi connectivity index (χ2v) is 6.69. The molecule has 0 fully saturated rings. The summed E-state index contributed by atoms with van der Waals surface area (Å²) in [6.45, 7) is 3.88. The molecule has 4 nitrogen and oxygen atoms in total. The first-order valence-corrected chi connectivity index (χ1v) is 8.93. The van der Waals surface area contributed by atoms with Crippen molar-refractivity contribution >= 4 is 46.4 Å². The van der Waals surface area contributed by atoms with Gasteiger partial charge in [-0.3, -0.25) is 0 Å². The fourth-order valence-corrected chi connectivity index (χ4v) is 3.40. The molecule has 0 atom stereocenters. The Morgan fingerprint density at radius 3 is 2.04 bits per heavy atom. The van der Waals surface area contributed by atoms with Crippen molar-refractivity contribution in [2.75, 3.05) is 0 Å². The van der Waals surface area contributed by atoms with E-state index in [4.69, 9.17) is 4.98 Å². The number of fused-ring (bicyclic) bond motifs is 8. The molecular weight excluding hydrogens is 332 g/mol. The van der Waals surface area contributed by atoms with Gasteiger partial charge in [-0.25, -0.2) is 9.97 Å². The SMILES string of the molecule is C=CCc1cc2cc3ccc(cc4nc(cc5nc(cc1[nH]2)C=C5)C=C4)[nH]3. The van der Waals surface area contributed by atoms with Crippen molar-refractivity contribution in [3.63, 3.8) is 0 Å². The van der Waals surface area contributed by atoms with E-state index >= 15 is 0 Å². The highest BCUT2D eigenvalue weighted by Crippen LogP contribution is 2.20. The predicted molar refractivity (Wildman–Crippen MR) is 113 cm³/mol. The monoisotopic (exact) mass is 350 g/mol. The van der Waals surface area contributed by atoms with Crippen molar-refractivity contribution in [3.8, 4) is 0 Å². The molecule has 27 heavy (non-hydrogen) atoms. The fraction of sp³-hybridized carbons (Fsp3) is 0.0435. The van der Waals surface area contributed by atoms with E-state index in [0.717, 1.165) is 51.3 Å². The van der Waals surface area contributed by atoms with Crippen LogP contribution in [0.2, 0.25) is 0 Å². The zero-order valence-electron chi connectivity index (χ0n) is 14.7. The van der Waals surface area contributed by atoms with E-state index in [1.807, 2.05) is 42.5 Å². The van der Waals surface area contributed by atoms with Crippen LogP contribution in [-0.2, 0) is 6.42 Å². The summed E-state index contributed by atoms with van der Waals surface area (Å²) in [5.41, 5.74) is 9.04. The maximum Gasteiger partial charge on any atom is 0.0659 e. The van der Waals surface area contributed by atoms with E-state index in [0.29, 0.717) is 0 Å². The molecule has 3 aromatic heterocycles. The summed E-state index contributed by atoms with van der Waals surface area (Å²) in [6.07, 6.45) is 10.8. The molecule has 8 bridgehead atoms. The van der Waals surface area contributed by atoms with Crippen molar-refractivity contribution in [2.24, 2.45) is 0 Å². The van der Waals surface area contributed by atoms with Crippen LogP contribution < -0.4 is 0 Å². The number of allylic oxidation sites excluding steroid dienone is 1. The number of rotatable bonds is 2. The Balaban J connectivity index is 1.85. The van der Waals surface area contributed by atoms with E-state index in [1.54, 1.807) is 0 Å². The number of aromatic amines is 2. The molecule has 0 saturated carbocycles. The van der Waals surface area contributed by atoms with Gasteiger partial charge in [-0.05, 0) is 78.8 Å². The Hall–Kier alpha value is -3.66. The highest BCUT2D eigenvalue weighted by molar-refractivity contribution is 5.78. The second-order valence-electron chi connectivity index (χ2n) is 6.69. The number of hydrogen-bond donors (Lipinski definition) is 2. The molecule has 0 amide bonds. The average Bonchev–Trinajstić information content (AvgIpc) is 3.41. The molecule has 4 heteroatoms. The Bertz CT molecular complexity index is 1270. The molecule has 0 radical (unpaired) electrons. The summed E-state index contributed by atoms with van der Waals surface area (Å²) in [6, 6.07) is 14.5. The minimum absolute atomic E-state index is 0.805. The summed E-state index contributed by atoms with van der Waals surface area (Å²) >= 11 is 0. The first-order chi connectivity index (χ1) is 13.2. The largest absolute Gasteiger partial charge is 0.355 e. The standard InChI is InChI=1S/C23H18N4/c1-2-3-15-10-22-13-20-7-6-18(25-20)11-16-4-5-17(24-16)12-19-8-9-21(26-19)14-23(15)27-22/h2,4-14,25,27H,1,3H2. The summed E-state index contributed by atoms with van der Waals surface area (Å²) in [4.78, 5) is 16.3. The van der Waals surface area contributed by atoms with Crippen LogP contribution in [0.4, 0.5) is 0 Å². The number of hydrogen-bond acceptors (Lipinski definition) is 2. The van der Waals surface area contributed by atoms with Gasteiger partial charge in [-0.2, -0.15) is 0 Å². The molecule has 2 N–H and O–H groups in total. The van der Waals surface area contributed by atoms with Gasteiger partial charge >= 0.3 is 0 Å². The van der Waals surface area contributed by atoms with Crippen molar-refractivity contribution < 1.29 is 0 Å². The molecule has 0 aromatic carbocycles. The van der Waals surface area contributed by atoms with Crippen LogP contribution in [0.3, 0.4) is 0 Å². The third-order valence-corrected chi connectivity index (χ3v) is 4.62. The van der Waals surface area contributed by atoms with Gasteiger partial charge in [0.2, 0.25) is 0 Å². The quantitative estimate of drug-likeness (QED) is 0.420. The lowest BCUT2D eigenvalue weighted by Gasteiger charge is -1.90. The lowest BCUT2D eigenvalue weighted by molar-refractivity contribution is 1.27. The zero-order valence-corrected chi connectivity index (χ0v) is 14.7. The molecule has 5 heterocycles. The molecular formula is C23H18N4. The molecule has 0 aliphatic carbocycles. The van der Waals surface area contributed by atoms with Crippen molar-refractivity contribution in [1.82, 2.24) is 19.9 Å². The number of H-pyrrole nitrogens is 2. The van der Waals surface area contributed by atoms with Crippen molar-refractivity contribution in [2.45, 2.75) is 6.42 Å². The molecule has 130 valence electrons. The van der Waals surface area contributed by atoms with Crippen LogP contribution >= 0.6 is 0 Å². The van der Waals surface area contributed by atoms with Crippen LogP contribution in [0.15, 0.2) is 55.1 Å². The van der Waals surface area contributed by atoms with Gasteiger partial charge in [0.05, 0.1) is 22.8 Å². The van der Waals surface area contributed by atoms with Gasteiger partial charge in [0.15, 0.2) is 0 Å². The smallest absolute Gasteiger partial charge is 0.0659 e. The Morgan fingerprint density at radius 1 is 0.704 bits per heavy atom. The third-order valence-electron chi connectivity index (χ3n) is 4.62. The Morgan fingerprint density at radius 2 is 1.33 bits per heavy atom. The first kappa shape index (κ1) is 15.6. The molecule has 0 unspecified atom stereocenters. The van der Waals surface area contributed by atoms with E-state index in [9.17, 15) is 0 Å². The van der Waals surface area contributed by atoms with E-state index in [2.05, 4.69) is 51.9 Å². The summed E-state index contributed by atoms with van der Waals surface area (Å²) < 4.78 is 0. The Kier molecular flexibility index (Phi) is 3.61. The molecule has 5 rings (SSSR count).